The van der Waals surface area contributed by atoms with Gasteiger partial charge < -0.3 is 5.32 Å². The van der Waals surface area contributed by atoms with Crippen LogP contribution in [0.2, 0.25) is 0 Å². The van der Waals surface area contributed by atoms with E-state index in [-0.39, 0.29) is 17.8 Å². The predicted octanol–water partition coefficient (Wildman–Crippen LogP) is 3.86. The second-order valence-corrected chi connectivity index (χ2v) is 8.18. The predicted molar refractivity (Wildman–Crippen MR) is 95.4 cm³/mol. The summed E-state index contributed by atoms with van der Waals surface area (Å²) in [6, 6.07) is 12.8. The minimum absolute atomic E-state index is 0.143. The van der Waals surface area contributed by atoms with E-state index in [0.717, 1.165) is 35.9 Å². The first kappa shape index (κ1) is 16.8. The highest BCUT2D eigenvalue weighted by molar-refractivity contribution is 7.92. The first-order valence-electron chi connectivity index (χ1n) is 7.91. The normalized spacial score (nSPS) is 20.3. The largest absolute Gasteiger partial charge is 0.382 e. The van der Waals surface area contributed by atoms with Crippen molar-refractivity contribution >= 4 is 21.4 Å². The van der Waals surface area contributed by atoms with Crippen LogP contribution in [-0.2, 0) is 10.0 Å². The summed E-state index contributed by atoms with van der Waals surface area (Å²) in [6.07, 6.45) is 2.87. The number of halogens is 1. The average molecular weight is 348 g/mol. The third-order valence-corrected chi connectivity index (χ3v) is 4.98. The first-order chi connectivity index (χ1) is 11.3. The zero-order valence-electron chi connectivity index (χ0n) is 13.7. The van der Waals surface area contributed by atoms with Crippen molar-refractivity contribution in [2.45, 2.75) is 31.7 Å². The molecule has 0 aliphatic heterocycles. The summed E-state index contributed by atoms with van der Waals surface area (Å²) in [5.74, 6) is 0.0960. The van der Waals surface area contributed by atoms with Gasteiger partial charge in [-0.15, -0.1) is 0 Å². The maximum absolute atomic E-state index is 13.8. The van der Waals surface area contributed by atoms with Gasteiger partial charge in [0, 0.05) is 11.7 Å². The number of benzene rings is 2. The first-order valence-corrected chi connectivity index (χ1v) is 9.80. The SMILES string of the molecule is Cc1ccc(NC2CC(c3ccccc3F)C2)cc1NS(C)(=O)=O. The molecule has 0 radical (unpaired) electrons. The third-order valence-electron chi connectivity index (χ3n) is 4.39. The highest BCUT2D eigenvalue weighted by atomic mass is 32.2. The number of nitrogens with one attached hydrogen (secondary N) is 2. The lowest BCUT2D eigenvalue weighted by Crippen LogP contribution is -2.34. The molecule has 0 saturated heterocycles. The molecule has 4 nitrogen and oxygen atoms in total. The molecule has 0 bridgehead atoms. The van der Waals surface area contributed by atoms with E-state index in [1.807, 2.05) is 31.2 Å². The van der Waals surface area contributed by atoms with Gasteiger partial charge in [-0.1, -0.05) is 24.3 Å². The number of anilines is 2. The maximum Gasteiger partial charge on any atom is 0.229 e. The van der Waals surface area contributed by atoms with Crippen LogP contribution in [-0.4, -0.2) is 20.7 Å². The molecule has 0 aromatic heterocycles. The lowest BCUT2D eigenvalue weighted by Gasteiger charge is -2.37. The van der Waals surface area contributed by atoms with E-state index in [1.54, 1.807) is 12.1 Å². The molecule has 2 aromatic rings. The molecule has 3 rings (SSSR count). The van der Waals surface area contributed by atoms with Gasteiger partial charge in [-0.2, -0.15) is 0 Å². The lowest BCUT2D eigenvalue weighted by molar-refractivity contribution is 0.363. The van der Waals surface area contributed by atoms with Gasteiger partial charge in [-0.25, -0.2) is 12.8 Å². The van der Waals surface area contributed by atoms with Gasteiger partial charge in [0.05, 0.1) is 11.9 Å². The Morgan fingerprint density at radius 2 is 1.83 bits per heavy atom. The molecule has 128 valence electrons. The van der Waals surface area contributed by atoms with E-state index < -0.39 is 10.0 Å². The van der Waals surface area contributed by atoms with Crippen LogP contribution >= 0.6 is 0 Å². The maximum atomic E-state index is 13.8. The number of sulfonamides is 1. The van der Waals surface area contributed by atoms with Crippen molar-refractivity contribution in [3.63, 3.8) is 0 Å². The van der Waals surface area contributed by atoms with Crippen LogP contribution in [0, 0.1) is 12.7 Å². The molecular weight excluding hydrogens is 327 g/mol. The van der Waals surface area contributed by atoms with Gasteiger partial charge in [0.1, 0.15) is 5.82 Å². The number of hydrogen-bond acceptors (Lipinski definition) is 3. The van der Waals surface area contributed by atoms with Crippen molar-refractivity contribution in [1.82, 2.24) is 0 Å². The molecule has 1 aliphatic carbocycles. The zero-order valence-corrected chi connectivity index (χ0v) is 14.5. The van der Waals surface area contributed by atoms with Crippen LogP contribution in [0.3, 0.4) is 0 Å². The van der Waals surface area contributed by atoms with Crippen molar-refractivity contribution < 1.29 is 12.8 Å². The Balaban J connectivity index is 1.64. The third kappa shape index (κ3) is 3.87. The molecule has 0 unspecified atom stereocenters. The van der Waals surface area contributed by atoms with Crippen LogP contribution in [0.4, 0.5) is 15.8 Å². The van der Waals surface area contributed by atoms with Gasteiger partial charge in [0.25, 0.3) is 0 Å². The van der Waals surface area contributed by atoms with E-state index in [4.69, 9.17) is 0 Å². The molecular formula is C18H21FN2O2S. The molecule has 1 saturated carbocycles. The van der Waals surface area contributed by atoms with Crippen molar-refractivity contribution in [3.05, 3.63) is 59.4 Å². The minimum atomic E-state index is -3.31. The van der Waals surface area contributed by atoms with Gasteiger partial charge in [0.2, 0.25) is 10.0 Å². The second-order valence-electron chi connectivity index (χ2n) is 6.44. The van der Waals surface area contributed by atoms with E-state index >= 15 is 0 Å². The van der Waals surface area contributed by atoms with Crippen LogP contribution in [0.25, 0.3) is 0 Å². The van der Waals surface area contributed by atoms with Crippen molar-refractivity contribution in [3.8, 4) is 0 Å². The number of aryl methyl sites for hydroxylation is 1. The fourth-order valence-corrected chi connectivity index (χ4v) is 3.67. The topological polar surface area (TPSA) is 58.2 Å². The number of rotatable bonds is 5. The van der Waals surface area contributed by atoms with Gasteiger partial charge in [0.15, 0.2) is 0 Å². The van der Waals surface area contributed by atoms with Crippen LogP contribution in [0.5, 0.6) is 0 Å². The Kier molecular flexibility index (Phi) is 4.49. The van der Waals surface area contributed by atoms with Crippen LogP contribution < -0.4 is 10.0 Å². The Hall–Kier alpha value is -2.08. The van der Waals surface area contributed by atoms with Gasteiger partial charge in [-0.3, -0.25) is 4.72 Å². The second kappa shape index (κ2) is 6.43. The standard InChI is InChI=1S/C18H21FN2O2S/c1-12-7-8-14(11-18(12)21-24(2,22)23)20-15-9-13(10-15)16-5-3-4-6-17(16)19/h3-8,11,13,15,20-21H,9-10H2,1-2H3. The van der Waals surface area contributed by atoms with Gasteiger partial charge in [-0.05, 0) is 55.0 Å². The molecule has 1 aliphatic rings. The summed E-state index contributed by atoms with van der Waals surface area (Å²) in [5.41, 5.74) is 3.08. The monoisotopic (exact) mass is 348 g/mol. The Bertz CT molecular complexity index is 846. The van der Waals surface area contributed by atoms with Crippen LogP contribution in [0.1, 0.15) is 29.9 Å². The minimum Gasteiger partial charge on any atom is -0.382 e. The summed E-state index contributed by atoms with van der Waals surface area (Å²) in [7, 11) is -3.31. The van der Waals surface area contributed by atoms with E-state index in [9.17, 15) is 12.8 Å². The quantitative estimate of drug-likeness (QED) is 0.862. The van der Waals surface area contributed by atoms with E-state index in [2.05, 4.69) is 10.0 Å². The van der Waals surface area contributed by atoms with E-state index in [1.165, 1.54) is 6.07 Å². The Labute approximate surface area is 142 Å². The molecule has 0 amide bonds. The Morgan fingerprint density at radius 1 is 1.12 bits per heavy atom. The van der Waals surface area contributed by atoms with Crippen molar-refractivity contribution in [1.29, 1.82) is 0 Å². The Morgan fingerprint density at radius 3 is 2.50 bits per heavy atom. The molecule has 0 spiro atoms. The van der Waals surface area contributed by atoms with Crippen molar-refractivity contribution in [2.24, 2.45) is 0 Å². The summed E-state index contributed by atoms with van der Waals surface area (Å²) in [4.78, 5) is 0. The molecule has 0 heterocycles. The average Bonchev–Trinajstić information content (AvgIpc) is 2.45. The summed E-state index contributed by atoms with van der Waals surface area (Å²) in [5, 5.41) is 3.39. The zero-order chi connectivity index (χ0) is 17.3. The van der Waals surface area contributed by atoms with E-state index in [0.29, 0.717) is 5.69 Å². The molecule has 2 N–H and O–H groups in total. The number of hydrogen-bond donors (Lipinski definition) is 2. The molecule has 1 fully saturated rings. The lowest BCUT2D eigenvalue weighted by atomic mass is 9.75. The fourth-order valence-electron chi connectivity index (χ4n) is 3.05. The van der Waals surface area contributed by atoms with Crippen molar-refractivity contribution in [2.75, 3.05) is 16.3 Å². The molecule has 24 heavy (non-hydrogen) atoms. The molecule has 0 atom stereocenters. The molecule has 6 heteroatoms. The fraction of sp³-hybridized carbons (Fsp3) is 0.333. The highest BCUT2D eigenvalue weighted by Gasteiger charge is 2.31. The summed E-state index contributed by atoms with van der Waals surface area (Å²) < 4.78 is 39.1. The highest BCUT2D eigenvalue weighted by Crippen LogP contribution is 2.39. The van der Waals surface area contributed by atoms with Crippen LogP contribution in [0.15, 0.2) is 42.5 Å². The molecule has 2 aromatic carbocycles. The van der Waals surface area contributed by atoms with Gasteiger partial charge >= 0.3 is 0 Å². The smallest absolute Gasteiger partial charge is 0.229 e. The summed E-state index contributed by atoms with van der Waals surface area (Å²) in [6.45, 7) is 1.86. The summed E-state index contributed by atoms with van der Waals surface area (Å²) >= 11 is 0.